The van der Waals surface area contributed by atoms with E-state index in [2.05, 4.69) is 19.1 Å². The van der Waals surface area contributed by atoms with Crippen LogP contribution in [0.25, 0.3) is 0 Å². The predicted octanol–water partition coefficient (Wildman–Crippen LogP) is 4.41. The summed E-state index contributed by atoms with van der Waals surface area (Å²) in [4.78, 5) is 12.5. The van der Waals surface area contributed by atoms with E-state index in [0.717, 1.165) is 27.3 Å². The molecule has 102 valence electrons. The molecule has 1 atom stereocenters. The second-order valence-corrected chi connectivity index (χ2v) is 6.39. The molecule has 19 heavy (non-hydrogen) atoms. The number of carbonyl (C=O) groups excluding carboxylic acids is 1. The lowest BCUT2D eigenvalue weighted by atomic mass is 9.95. The fourth-order valence-corrected chi connectivity index (χ4v) is 3.66. The Kier molecular flexibility index (Phi) is 4.26. The van der Waals surface area contributed by atoms with Crippen molar-refractivity contribution in [3.8, 4) is 0 Å². The first-order valence-corrected chi connectivity index (χ1v) is 7.63. The maximum atomic E-state index is 11.7. The largest absolute Gasteiger partial charge is 0.448 e. The van der Waals surface area contributed by atoms with Crippen molar-refractivity contribution in [2.75, 3.05) is 5.75 Å². The van der Waals surface area contributed by atoms with Crippen LogP contribution in [-0.2, 0) is 9.53 Å². The molecule has 1 aliphatic heterocycles. The van der Waals surface area contributed by atoms with Crippen LogP contribution in [0, 0.1) is 20.8 Å². The van der Waals surface area contributed by atoms with Crippen molar-refractivity contribution in [2.45, 2.75) is 33.8 Å². The van der Waals surface area contributed by atoms with Crippen molar-refractivity contribution in [3.05, 3.63) is 44.3 Å². The standard InChI is InChI=1S/C15H17ClO2S/c1-5-19-14-12(16)15(17)18-13(14)11-9(3)6-8(2)7-10(11)4/h6-7,13H,5H2,1-4H3. The van der Waals surface area contributed by atoms with Crippen LogP contribution in [-0.4, -0.2) is 11.7 Å². The summed E-state index contributed by atoms with van der Waals surface area (Å²) >= 11 is 7.65. The number of cyclic esters (lactones) is 1. The lowest BCUT2D eigenvalue weighted by Crippen LogP contribution is -2.07. The van der Waals surface area contributed by atoms with Crippen LogP contribution in [0.1, 0.15) is 35.3 Å². The molecule has 0 spiro atoms. The van der Waals surface area contributed by atoms with E-state index in [-0.39, 0.29) is 11.1 Å². The zero-order valence-corrected chi connectivity index (χ0v) is 13.1. The van der Waals surface area contributed by atoms with E-state index in [9.17, 15) is 4.79 Å². The number of thioether (sulfide) groups is 1. The number of ether oxygens (including phenoxy) is 1. The molecule has 0 aliphatic carbocycles. The van der Waals surface area contributed by atoms with E-state index < -0.39 is 5.97 Å². The maximum absolute atomic E-state index is 11.7. The molecule has 0 aromatic heterocycles. The Labute approximate surface area is 123 Å². The van der Waals surface area contributed by atoms with Crippen molar-refractivity contribution < 1.29 is 9.53 Å². The molecule has 2 rings (SSSR count). The van der Waals surface area contributed by atoms with Crippen molar-refractivity contribution in [3.63, 3.8) is 0 Å². The normalized spacial score (nSPS) is 19.0. The molecule has 0 saturated carbocycles. The van der Waals surface area contributed by atoms with Crippen LogP contribution in [0.2, 0.25) is 0 Å². The molecule has 4 heteroatoms. The molecular formula is C15H17ClO2S. The average Bonchev–Trinajstić information content (AvgIpc) is 2.57. The Morgan fingerprint density at radius 3 is 2.37 bits per heavy atom. The highest BCUT2D eigenvalue weighted by molar-refractivity contribution is 8.03. The zero-order valence-electron chi connectivity index (χ0n) is 11.5. The van der Waals surface area contributed by atoms with Gasteiger partial charge in [-0.3, -0.25) is 0 Å². The van der Waals surface area contributed by atoms with Gasteiger partial charge in [-0.05, 0) is 37.7 Å². The number of aryl methyl sites for hydroxylation is 3. The van der Waals surface area contributed by atoms with E-state index in [1.807, 2.05) is 20.8 Å². The van der Waals surface area contributed by atoms with Crippen LogP contribution < -0.4 is 0 Å². The lowest BCUT2D eigenvalue weighted by molar-refractivity contribution is -0.139. The average molecular weight is 297 g/mol. The SMILES string of the molecule is CCSC1=C(Cl)C(=O)OC1c1c(C)cc(C)cc1C. The number of carbonyl (C=O) groups is 1. The van der Waals surface area contributed by atoms with Crippen LogP contribution in [0.5, 0.6) is 0 Å². The van der Waals surface area contributed by atoms with E-state index in [0.29, 0.717) is 0 Å². The highest BCUT2D eigenvalue weighted by Gasteiger charge is 2.35. The molecule has 1 heterocycles. The highest BCUT2D eigenvalue weighted by atomic mass is 35.5. The quantitative estimate of drug-likeness (QED) is 0.773. The smallest absolute Gasteiger partial charge is 0.351 e. The molecule has 1 aliphatic rings. The topological polar surface area (TPSA) is 26.3 Å². The Morgan fingerprint density at radius 1 is 1.26 bits per heavy atom. The third kappa shape index (κ3) is 2.67. The fourth-order valence-electron chi connectivity index (χ4n) is 2.52. The summed E-state index contributed by atoms with van der Waals surface area (Å²) in [5, 5.41) is 0.233. The minimum absolute atomic E-state index is 0.233. The molecule has 0 radical (unpaired) electrons. The summed E-state index contributed by atoms with van der Waals surface area (Å²) in [5.41, 5.74) is 4.54. The summed E-state index contributed by atoms with van der Waals surface area (Å²) < 4.78 is 5.46. The van der Waals surface area contributed by atoms with Crippen molar-refractivity contribution in [1.29, 1.82) is 0 Å². The van der Waals surface area contributed by atoms with Crippen molar-refractivity contribution >= 4 is 29.3 Å². The molecule has 0 amide bonds. The Morgan fingerprint density at radius 2 is 1.84 bits per heavy atom. The van der Waals surface area contributed by atoms with Gasteiger partial charge in [0.25, 0.3) is 0 Å². The summed E-state index contributed by atoms with van der Waals surface area (Å²) in [7, 11) is 0. The van der Waals surface area contributed by atoms with E-state index in [4.69, 9.17) is 16.3 Å². The number of halogens is 1. The van der Waals surface area contributed by atoms with Crippen LogP contribution in [0.15, 0.2) is 22.1 Å². The third-order valence-corrected chi connectivity index (χ3v) is 4.65. The first-order chi connectivity index (χ1) is 8.95. The summed E-state index contributed by atoms with van der Waals surface area (Å²) in [6, 6.07) is 4.22. The zero-order chi connectivity index (χ0) is 14.2. The van der Waals surface area contributed by atoms with E-state index in [1.165, 1.54) is 5.56 Å². The summed E-state index contributed by atoms with van der Waals surface area (Å²) in [5.74, 6) is 0.449. The van der Waals surface area contributed by atoms with Gasteiger partial charge < -0.3 is 4.74 Å². The molecule has 1 unspecified atom stereocenters. The van der Waals surface area contributed by atoms with Gasteiger partial charge in [-0.25, -0.2) is 4.79 Å². The Balaban J connectivity index is 2.51. The first-order valence-electron chi connectivity index (χ1n) is 6.26. The number of benzene rings is 1. The van der Waals surface area contributed by atoms with Crippen LogP contribution in [0.3, 0.4) is 0 Å². The van der Waals surface area contributed by atoms with Gasteiger partial charge in [0, 0.05) is 5.56 Å². The van der Waals surface area contributed by atoms with Crippen LogP contribution >= 0.6 is 23.4 Å². The monoisotopic (exact) mass is 296 g/mol. The van der Waals surface area contributed by atoms with E-state index >= 15 is 0 Å². The number of rotatable bonds is 3. The van der Waals surface area contributed by atoms with Gasteiger partial charge in [0.1, 0.15) is 5.03 Å². The summed E-state index contributed by atoms with van der Waals surface area (Å²) in [6.45, 7) is 8.19. The second kappa shape index (κ2) is 5.59. The Bertz CT molecular complexity index is 540. The first kappa shape index (κ1) is 14.5. The number of esters is 1. The van der Waals surface area contributed by atoms with Gasteiger partial charge in [-0.2, -0.15) is 0 Å². The minimum Gasteiger partial charge on any atom is -0.448 e. The van der Waals surface area contributed by atoms with Gasteiger partial charge in [-0.1, -0.05) is 36.2 Å². The molecule has 1 aromatic rings. The molecule has 1 aromatic carbocycles. The van der Waals surface area contributed by atoms with Gasteiger partial charge in [0.15, 0.2) is 6.10 Å². The number of hydrogen-bond donors (Lipinski definition) is 0. The third-order valence-electron chi connectivity index (χ3n) is 3.16. The Hall–Kier alpha value is -0.930. The number of hydrogen-bond acceptors (Lipinski definition) is 3. The molecule has 0 fully saturated rings. The summed E-state index contributed by atoms with van der Waals surface area (Å²) in [6.07, 6.45) is -0.342. The molecule has 0 N–H and O–H groups in total. The minimum atomic E-state index is -0.415. The fraction of sp³-hybridized carbons (Fsp3) is 0.400. The molecular weight excluding hydrogens is 280 g/mol. The van der Waals surface area contributed by atoms with Gasteiger partial charge >= 0.3 is 5.97 Å². The molecule has 0 bridgehead atoms. The van der Waals surface area contributed by atoms with Crippen molar-refractivity contribution in [1.82, 2.24) is 0 Å². The lowest BCUT2D eigenvalue weighted by Gasteiger charge is -2.19. The highest BCUT2D eigenvalue weighted by Crippen LogP contribution is 2.45. The molecule has 0 saturated heterocycles. The maximum Gasteiger partial charge on any atom is 0.351 e. The van der Waals surface area contributed by atoms with Gasteiger partial charge in [0.2, 0.25) is 0 Å². The van der Waals surface area contributed by atoms with Crippen molar-refractivity contribution in [2.24, 2.45) is 0 Å². The predicted molar refractivity (Wildman–Crippen MR) is 80.5 cm³/mol. The molecule has 2 nitrogen and oxygen atoms in total. The second-order valence-electron chi connectivity index (χ2n) is 4.71. The van der Waals surface area contributed by atoms with Crippen LogP contribution in [0.4, 0.5) is 0 Å². The van der Waals surface area contributed by atoms with E-state index in [1.54, 1.807) is 11.8 Å². The van der Waals surface area contributed by atoms with Gasteiger partial charge in [0.05, 0.1) is 4.91 Å². The van der Waals surface area contributed by atoms with Gasteiger partial charge in [-0.15, -0.1) is 11.8 Å².